The number of nitrogens with one attached hydrogen (secondary N) is 4. The molecule has 9 heteroatoms. The summed E-state index contributed by atoms with van der Waals surface area (Å²) in [5.41, 5.74) is 13.5. The molecule has 1 aliphatic heterocycles. The lowest BCUT2D eigenvalue weighted by molar-refractivity contribution is -0.138. The molecule has 0 saturated heterocycles. The van der Waals surface area contributed by atoms with E-state index in [4.69, 9.17) is 0 Å². The summed E-state index contributed by atoms with van der Waals surface area (Å²) in [6.45, 7) is 12.2. The van der Waals surface area contributed by atoms with E-state index >= 15 is 0 Å². The van der Waals surface area contributed by atoms with Crippen molar-refractivity contribution in [3.63, 3.8) is 0 Å². The molecule has 226 valence electrons. The van der Waals surface area contributed by atoms with Gasteiger partial charge in [-0.05, 0) is 92.3 Å². The highest BCUT2D eigenvalue weighted by Crippen LogP contribution is 2.31. The first kappa shape index (κ1) is 30.9. The Morgan fingerprint density at radius 2 is 1.31 bits per heavy atom. The van der Waals surface area contributed by atoms with Crippen LogP contribution in [0.1, 0.15) is 102 Å². The molecule has 0 bridgehead atoms. The van der Waals surface area contributed by atoms with Crippen molar-refractivity contribution < 1.29 is 24.6 Å². The molecule has 0 saturated carbocycles. The molecule has 3 aromatic heterocycles. The molecule has 9 nitrogen and oxygen atoms in total. The number of hydrogen-bond acceptors (Lipinski definition) is 3. The summed E-state index contributed by atoms with van der Waals surface area (Å²) in [5, 5.41) is 22.0. The van der Waals surface area contributed by atoms with E-state index in [1.54, 1.807) is 0 Å². The molecule has 1 amide bonds. The first-order valence-corrected chi connectivity index (χ1v) is 14.9. The van der Waals surface area contributed by atoms with Crippen LogP contribution in [0.2, 0.25) is 0 Å². The summed E-state index contributed by atoms with van der Waals surface area (Å²) in [7, 11) is 0. The van der Waals surface area contributed by atoms with Crippen molar-refractivity contribution in [1.29, 1.82) is 0 Å². The van der Waals surface area contributed by atoms with Gasteiger partial charge in [-0.15, -0.1) is 0 Å². The highest BCUT2D eigenvalue weighted by Gasteiger charge is 2.29. The standard InChI is InChI=1S/C33H44N4O5/c1-7-21-16-34-25(17(21)3)13-26-18(4)23(9-11-31(38)39)29(35-26)15-30-24(10-12-32(40)41)19(5)27(36-30)14-28-22(8-2)20(6)33(42)37-28/h16,28,34-36H,7-15H2,1-6H3,(H,37,42)(H,38,39)(H,40,41). The molecular formula is C33H44N4O5. The summed E-state index contributed by atoms with van der Waals surface area (Å²) in [5.74, 6) is -1.73. The van der Waals surface area contributed by atoms with E-state index < -0.39 is 11.9 Å². The fourth-order valence-corrected chi connectivity index (χ4v) is 6.48. The van der Waals surface area contributed by atoms with Crippen LogP contribution in [-0.4, -0.2) is 49.1 Å². The van der Waals surface area contributed by atoms with Crippen molar-refractivity contribution >= 4 is 17.8 Å². The van der Waals surface area contributed by atoms with Crippen molar-refractivity contribution in [2.75, 3.05) is 0 Å². The van der Waals surface area contributed by atoms with E-state index in [1.807, 2.05) is 20.8 Å². The van der Waals surface area contributed by atoms with Gasteiger partial charge in [0.15, 0.2) is 0 Å². The normalized spacial score (nSPS) is 15.1. The number of H-pyrrole nitrogens is 3. The zero-order chi connectivity index (χ0) is 30.7. The number of rotatable bonds is 14. The van der Waals surface area contributed by atoms with Crippen molar-refractivity contribution in [3.05, 3.63) is 79.2 Å². The summed E-state index contributed by atoms with van der Waals surface area (Å²) < 4.78 is 0. The van der Waals surface area contributed by atoms with E-state index in [-0.39, 0.29) is 24.8 Å². The number of aryl methyl sites for hydroxylation is 1. The van der Waals surface area contributed by atoms with E-state index in [0.717, 1.165) is 74.7 Å². The molecule has 0 spiro atoms. The molecule has 3 aromatic rings. The largest absolute Gasteiger partial charge is 0.481 e. The number of carbonyl (C=O) groups excluding carboxylic acids is 1. The molecule has 0 fully saturated rings. The summed E-state index contributed by atoms with van der Waals surface area (Å²) >= 11 is 0. The smallest absolute Gasteiger partial charge is 0.303 e. The van der Waals surface area contributed by atoms with Gasteiger partial charge in [-0.1, -0.05) is 13.8 Å². The Hall–Kier alpha value is -4.01. The maximum atomic E-state index is 12.4. The monoisotopic (exact) mass is 576 g/mol. The highest BCUT2D eigenvalue weighted by atomic mass is 16.4. The number of hydrogen-bond donors (Lipinski definition) is 6. The zero-order valence-electron chi connectivity index (χ0n) is 25.6. The molecule has 6 N–H and O–H groups in total. The highest BCUT2D eigenvalue weighted by molar-refractivity contribution is 5.97. The van der Waals surface area contributed by atoms with Gasteiger partial charge >= 0.3 is 11.9 Å². The van der Waals surface area contributed by atoms with Crippen LogP contribution in [0.25, 0.3) is 0 Å². The first-order chi connectivity index (χ1) is 19.9. The number of carboxylic acid groups (broad SMARTS) is 2. The Morgan fingerprint density at radius 3 is 1.83 bits per heavy atom. The second kappa shape index (κ2) is 12.9. The minimum atomic E-state index is -0.856. The number of aromatic nitrogens is 3. The second-order valence-electron chi connectivity index (χ2n) is 11.5. The quantitative estimate of drug-likeness (QED) is 0.157. The number of carboxylic acids is 2. The lowest BCUT2D eigenvalue weighted by Crippen LogP contribution is -2.31. The predicted molar refractivity (Wildman–Crippen MR) is 162 cm³/mol. The van der Waals surface area contributed by atoms with Gasteiger partial charge in [0.2, 0.25) is 5.91 Å². The maximum absolute atomic E-state index is 12.4. The zero-order valence-corrected chi connectivity index (χ0v) is 25.6. The fraction of sp³-hybridized carbons (Fsp3) is 0.485. The van der Waals surface area contributed by atoms with Gasteiger partial charge < -0.3 is 30.5 Å². The van der Waals surface area contributed by atoms with Gasteiger partial charge in [0.05, 0.1) is 6.04 Å². The lowest BCUT2D eigenvalue weighted by atomic mass is 9.96. The molecule has 0 radical (unpaired) electrons. The van der Waals surface area contributed by atoms with Crippen LogP contribution in [0.3, 0.4) is 0 Å². The minimum Gasteiger partial charge on any atom is -0.481 e. The molecule has 0 aliphatic carbocycles. The Bertz CT molecular complexity index is 1530. The molecule has 1 unspecified atom stereocenters. The van der Waals surface area contributed by atoms with Crippen molar-refractivity contribution in [2.45, 2.75) is 105 Å². The summed E-state index contributed by atoms with van der Waals surface area (Å²) in [6.07, 6.45) is 6.42. The Labute approximate surface area is 247 Å². The molecule has 42 heavy (non-hydrogen) atoms. The van der Waals surface area contributed by atoms with Crippen LogP contribution in [0.5, 0.6) is 0 Å². The molecule has 1 atom stereocenters. The fourth-order valence-electron chi connectivity index (χ4n) is 6.48. The molecule has 1 aliphatic rings. The Morgan fingerprint density at radius 1 is 0.762 bits per heavy atom. The van der Waals surface area contributed by atoms with Crippen molar-refractivity contribution in [3.8, 4) is 0 Å². The van der Waals surface area contributed by atoms with E-state index in [9.17, 15) is 24.6 Å². The van der Waals surface area contributed by atoms with Gasteiger partial charge in [-0.25, -0.2) is 0 Å². The Balaban J connectivity index is 1.71. The predicted octanol–water partition coefficient (Wildman–Crippen LogP) is 5.14. The van der Waals surface area contributed by atoms with E-state index in [0.29, 0.717) is 32.1 Å². The number of carbonyl (C=O) groups is 3. The van der Waals surface area contributed by atoms with Crippen LogP contribution >= 0.6 is 0 Å². The topological polar surface area (TPSA) is 151 Å². The third-order valence-electron chi connectivity index (χ3n) is 9.10. The number of amides is 1. The van der Waals surface area contributed by atoms with Gasteiger partial charge in [-0.2, -0.15) is 0 Å². The molecule has 0 aromatic carbocycles. The summed E-state index contributed by atoms with van der Waals surface area (Å²) in [6, 6.07) is -0.0949. The van der Waals surface area contributed by atoms with Gasteiger partial charge in [0, 0.05) is 72.3 Å². The number of aliphatic carboxylic acids is 2. The SMILES string of the molecule is CCC1=C(C)C(=O)NC1Cc1[nH]c(Cc2[nH]c(Cc3[nH]cc(CC)c3C)c(C)c2CCC(=O)O)c(CCC(=O)O)c1C. The van der Waals surface area contributed by atoms with Gasteiger partial charge in [0.25, 0.3) is 0 Å². The molecule has 4 heterocycles. The minimum absolute atomic E-state index is 0.0112. The number of aromatic amines is 3. The van der Waals surface area contributed by atoms with Crippen LogP contribution in [0, 0.1) is 20.8 Å². The van der Waals surface area contributed by atoms with Crippen LogP contribution in [0.4, 0.5) is 0 Å². The third-order valence-corrected chi connectivity index (χ3v) is 9.10. The van der Waals surface area contributed by atoms with Crippen LogP contribution in [0.15, 0.2) is 17.3 Å². The van der Waals surface area contributed by atoms with Crippen molar-refractivity contribution in [1.82, 2.24) is 20.3 Å². The summed E-state index contributed by atoms with van der Waals surface area (Å²) in [4.78, 5) is 46.1. The van der Waals surface area contributed by atoms with Crippen molar-refractivity contribution in [2.24, 2.45) is 0 Å². The average molecular weight is 577 g/mol. The average Bonchev–Trinajstić information content (AvgIpc) is 3.61. The van der Waals surface area contributed by atoms with E-state index in [1.165, 1.54) is 11.1 Å². The van der Waals surface area contributed by atoms with Gasteiger partial charge in [-0.3, -0.25) is 14.4 Å². The lowest BCUT2D eigenvalue weighted by Gasteiger charge is -2.14. The Kier molecular flexibility index (Phi) is 9.49. The maximum Gasteiger partial charge on any atom is 0.303 e. The molecular weight excluding hydrogens is 532 g/mol. The van der Waals surface area contributed by atoms with Crippen LogP contribution in [-0.2, 0) is 52.9 Å². The van der Waals surface area contributed by atoms with E-state index in [2.05, 4.69) is 47.2 Å². The van der Waals surface area contributed by atoms with Gasteiger partial charge in [0.1, 0.15) is 0 Å². The second-order valence-corrected chi connectivity index (χ2v) is 11.5. The third kappa shape index (κ3) is 6.40. The first-order valence-electron chi connectivity index (χ1n) is 14.9. The molecule has 4 rings (SSSR count). The van der Waals surface area contributed by atoms with Crippen LogP contribution < -0.4 is 5.32 Å².